The quantitative estimate of drug-likeness (QED) is 0.840. The maximum Gasteiger partial charge on any atom is 0.321 e. The van der Waals surface area contributed by atoms with Crippen molar-refractivity contribution < 1.29 is 27.1 Å². The minimum Gasteiger partial charge on any atom is -0.480 e. The van der Waals surface area contributed by atoms with E-state index in [1.807, 2.05) is 0 Å². The zero-order valence-corrected chi connectivity index (χ0v) is 9.46. The van der Waals surface area contributed by atoms with Crippen molar-refractivity contribution >= 4 is 16.0 Å². The summed E-state index contributed by atoms with van der Waals surface area (Å²) in [6, 6.07) is 0.602. The second-order valence-corrected chi connectivity index (χ2v) is 4.97. The van der Waals surface area contributed by atoms with Crippen molar-refractivity contribution in [1.82, 2.24) is 4.72 Å². The molecule has 0 fully saturated rings. The van der Waals surface area contributed by atoms with Crippen molar-refractivity contribution in [2.75, 3.05) is 0 Å². The smallest absolute Gasteiger partial charge is 0.321 e. The molecule has 0 spiro atoms. The zero-order chi connectivity index (χ0) is 13.2. The van der Waals surface area contributed by atoms with Crippen LogP contribution in [-0.2, 0) is 14.8 Å². The lowest BCUT2D eigenvalue weighted by Gasteiger charge is -2.10. The van der Waals surface area contributed by atoms with Crippen molar-refractivity contribution in [3.8, 4) is 0 Å². The van der Waals surface area contributed by atoms with Crippen molar-refractivity contribution in [1.29, 1.82) is 0 Å². The zero-order valence-electron chi connectivity index (χ0n) is 8.65. The molecule has 1 aromatic rings. The van der Waals surface area contributed by atoms with E-state index in [9.17, 15) is 22.0 Å². The van der Waals surface area contributed by atoms with E-state index in [2.05, 4.69) is 0 Å². The largest absolute Gasteiger partial charge is 0.480 e. The van der Waals surface area contributed by atoms with E-state index >= 15 is 0 Å². The number of halogens is 2. The first-order chi connectivity index (χ1) is 7.74. The lowest BCUT2D eigenvalue weighted by Crippen LogP contribution is -2.38. The van der Waals surface area contributed by atoms with E-state index in [0.29, 0.717) is 12.1 Å². The number of benzene rings is 1. The summed E-state index contributed by atoms with van der Waals surface area (Å²) < 4.78 is 50.3. The van der Waals surface area contributed by atoms with Crippen LogP contribution in [0.5, 0.6) is 0 Å². The van der Waals surface area contributed by atoms with Gasteiger partial charge in [0.2, 0.25) is 10.0 Å². The molecular weight excluding hydrogens is 256 g/mol. The van der Waals surface area contributed by atoms with Gasteiger partial charge in [-0.3, -0.25) is 4.79 Å². The van der Waals surface area contributed by atoms with E-state index in [1.165, 1.54) is 0 Å². The summed E-state index contributed by atoms with van der Waals surface area (Å²) in [6.45, 7) is 1.11. The average Bonchev–Trinajstić information content (AvgIpc) is 2.21. The third-order valence-corrected chi connectivity index (χ3v) is 3.44. The fraction of sp³-hybridized carbons (Fsp3) is 0.222. The van der Waals surface area contributed by atoms with Crippen LogP contribution < -0.4 is 4.72 Å². The standard InChI is InChI=1S/C9H9F2NO4S/c1-5(9(13)14)12-17(15,16)6-2-3-7(10)8(11)4-6/h2-5,12H,1H3,(H,13,14)/t5-/m0/s1. The van der Waals surface area contributed by atoms with Gasteiger partial charge in [-0.25, -0.2) is 17.2 Å². The molecule has 0 aliphatic heterocycles. The van der Waals surface area contributed by atoms with Gasteiger partial charge in [-0.1, -0.05) is 0 Å². The summed E-state index contributed by atoms with van der Waals surface area (Å²) >= 11 is 0. The normalized spacial score (nSPS) is 13.4. The third-order valence-electron chi connectivity index (χ3n) is 1.90. The Balaban J connectivity index is 3.05. The first kappa shape index (κ1) is 13.5. The summed E-state index contributed by atoms with van der Waals surface area (Å²) in [5.41, 5.74) is 0. The molecule has 1 rings (SSSR count). The maximum atomic E-state index is 12.8. The van der Waals surface area contributed by atoms with Crippen molar-refractivity contribution in [3.05, 3.63) is 29.8 Å². The third kappa shape index (κ3) is 3.21. The van der Waals surface area contributed by atoms with Gasteiger partial charge in [0.1, 0.15) is 6.04 Å². The predicted octanol–water partition coefficient (Wildman–Crippen LogP) is 0.716. The Morgan fingerprint density at radius 2 is 1.94 bits per heavy atom. The van der Waals surface area contributed by atoms with E-state index < -0.39 is 38.6 Å². The molecule has 0 aliphatic carbocycles. The van der Waals surface area contributed by atoms with Crippen LogP contribution in [0.1, 0.15) is 6.92 Å². The highest BCUT2D eigenvalue weighted by atomic mass is 32.2. The van der Waals surface area contributed by atoms with Gasteiger partial charge in [0, 0.05) is 0 Å². The number of nitrogens with one attached hydrogen (secondary N) is 1. The van der Waals surface area contributed by atoms with Crippen LogP contribution in [0, 0.1) is 11.6 Å². The predicted molar refractivity (Wildman–Crippen MR) is 53.8 cm³/mol. The molecule has 94 valence electrons. The van der Waals surface area contributed by atoms with E-state index in [4.69, 9.17) is 5.11 Å². The van der Waals surface area contributed by atoms with Crippen LogP contribution in [-0.4, -0.2) is 25.5 Å². The molecule has 5 nitrogen and oxygen atoms in total. The van der Waals surface area contributed by atoms with E-state index in [0.717, 1.165) is 13.0 Å². The highest BCUT2D eigenvalue weighted by molar-refractivity contribution is 7.89. The van der Waals surface area contributed by atoms with Gasteiger partial charge in [0.15, 0.2) is 11.6 Å². The summed E-state index contributed by atoms with van der Waals surface area (Å²) in [4.78, 5) is 9.93. The molecule has 0 radical (unpaired) electrons. The van der Waals surface area contributed by atoms with Gasteiger partial charge < -0.3 is 5.11 Å². The molecule has 1 atom stereocenters. The molecule has 1 aromatic carbocycles. The minimum atomic E-state index is -4.18. The lowest BCUT2D eigenvalue weighted by atomic mass is 10.3. The summed E-state index contributed by atoms with van der Waals surface area (Å²) in [5, 5.41) is 8.53. The first-order valence-corrected chi connectivity index (χ1v) is 5.92. The van der Waals surface area contributed by atoms with Gasteiger partial charge in [-0.2, -0.15) is 4.72 Å². The molecule has 0 aromatic heterocycles. The number of carboxylic acid groups (broad SMARTS) is 1. The lowest BCUT2D eigenvalue weighted by molar-refractivity contribution is -0.138. The summed E-state index contributed by atoms with van der Waals surface area (Å²) in [6.07, 6.45) is 0. The number of aliphatic carboxylic acids is 1. The van der Waals surface area contributed by atoms with Gasteiger partial charge >= 0.3 is 5.97 Å². The Kier molecular flexibility index (Phi) is 3.79. The van der Waals surface area contributed by atoms with Crippen LogP contribution in [0.4, 0.5) is 8.78 Å². The molecule has 0 saturated heterocycles. The van der Waals surface area contributed by atoms with E-state index in [1.54, 1.807) is 4.72 Å². The number of carboxylic acids is 1. The van der Waals surface area contributed by atoms with E-state index in [-0.39, 0.29) is 0 Å². The summed E-state index contributed by atoms with van der Waals surface area (Å²) in [5.74, 6) is -3.89. The van der Waals surface area contributed by atoms with Gasteiger partial charge in [0.05, 0.1) is 4.90 Å². The monoisotopic (exact) mass is 265 g/mol. The highest BCUT2D eigenvalue weighted by Gasteiger charge is 2.22. The van der Waals surface area contributed by atoms with Crippen molar-refractivity contribution in [3.63, 3.8) is 0 Å². The van der Waals surface area contributed by atoms with Gasteiger partial charge in [0.25, 0.3) is 0 Å². The molecule has 0 amide bonds. The molecule has 8 heteroatoms. The highest BCUT2D eigenvalue weighted by Crippen LogP contribution is 2.13. The maximum absolute atomic E-state index is 12.8. The number of hydrogen-bond donors (Lipinski definition) is 2. The van der Waals surface area contributed by atoms with Crippen LogP contribution in [0.25, 0.3) is 0 Å². The SMILES string of the molecule is C[C@H](NS(=O)(=O)c1ccc(F)c(F)c1)C(=O)O. The molecular formula is C9H9F2NO4S. The number of hydrogen-bond acceptors (Lipinski definition) is 3. The van der Waals surface area contributed by atoms with Crippen LogP contribution in [0.2, 0.25) is 0 Å². The molecule has 17 heavy (non-hydrogen) atoms. The van der Waals surface area contributed by atoms with Crippen molar-refractivity contribution in [2.24, 2.45) is 0 Å². The molecule has 0 aliphatic rings. The van der Waals surface area contributed by atoms with Crippen molar-refractivity contribution in [2.45, 2.75) is 17.9 Å². The fourth-order valence-electron chi connectivity index (χ4n) is 0.995. The first-order valence-electron chi connectivity index (χ1n) is 4.44. The molecule has 0 unspecified atom stereocenters. The minimum absolute atomic E-state index is 0.478. The van der Waals surface area contributed by atoms with Gasteiger partial charge in [-0.05, 0) is 25.1 Å². The second kappa shape index (κ2) is 4.76. The molecule has 0 bridgehead atoms. The summed E-state index contributed by atoms with van der Waals surface area (Å²) in [7, 11) is -4.18. The Labute approximate surface area is 96.1 Å². The second-order valence-electron chi connectivity index (χ2n) is 3.26. The average molecular weight is 265 g/mol. The topological polar surface area (TPSA) is 83.5 Å². The molecule has 0 heterocycles. The Bertz CT molecular complexity index is 544. The Morgan fingerprint density at radius 1 is 1.35 bits per heavy atom. The van der Waals surface area contributed by atoms with Crippen LogP contribution in [0.15, 0.2) is 23.1 Å². The Morgan fingerprint density at radius 3 is 2.41 bits per heavy atom. The fourth-order valence-corrected chi connectivity index (χ4v) is 2.20. The number of rotatable bonds is 4. The van der Waals surface area contributed by atoms with Gasteiger partial charge in [-0.15, -0.1) is 0 Å². The van der Waals surface area contributed by atoms with Crippen LogP contribution >= 0.6 is 0 Å². The molecule has 2 N–H and O–H groups in total. The van der Waals surface area contributed by atoms with Crippen LogP contribution in [0.3, 0.4) is 0 Å². The number of carbonyl (C=O) groups is 1. The number of sulfonamides is 1. The Hall–Kier alpha value is -1.54. The molecule has 0 saturated carbocycles.